The van der Waals surface area contributed by atoms with Crippen LogP contribution in [0.1, 0.15) is 48.0 Å². The number of methoxy groups -OCH3 is 1. The highest BCUT2D eigenvalue weighted by molar-refractivity contribution is 6.30. The van der Waals surface area contributed by atoms with Crippen LogP contribution in [0.3, 0.4) is 0 Å². The fourth-order valence-corrected chi connectivity index (χ4v) is 3.66. The third-order valence-corrected chi connectivity index (χ3v) is 5.14. The lowest BCUT2D eigenvalue weighted by atomic mass is 9.95. The van der Waals surface area contributed by atoms with Gasteiger partial charge >= 0.3 is 11.9 Å². The highest BCUT2D eigenvalue weighted by atomic mass is 35.5. The fraction of sp³-hybridized carbons (Fsp3) is 0.320. The number of aromatic nitrogens is 1. The van der Waals surface area contributed by atoms with Crippen molar-refractivity contribution in [3.05, 3.63) is 63.8 Å². The summed E-state index contributed by atoms with van der Waals surface area (Å²) < 4.78 is 15.8. The Morgan fingerprint density at radius 3 is 2.27 bits per heavy atom. The summed E-state index contributed by atoms with van der Waals surface area (Å²) in [5, 5.41) is 1.09. The summed E-state index contributed by atoms with van der Waals surface area (Å²) in [4.78, 5) is 41.1. The number of fused-ring (bicyclic) bond motifs is 1. The van der Waals surface area contributed by atoms with Crippen molar-refractivity contribution in [1.82, 2.24) is 4.98 Å². The Kier molecular flexibility index (Phi) is 7.12. The highest BCUT2D eigenvalue weighted by Gasteiger charge is 2.25. The number of nitrogens with one attached hydrogen (secondary N) is 1. The Bertz CT molecular complexity index is 1200. The lowest BCUT2D eigenvalue weighted by molar-refractivity contribution is -0.166. The van der Waals surface area contributed by atoms with Gasteiger partial charge in [0.25, 0.3) is 0 Å². The normalized spacial score (nSPS) is 11.3. The van der Waals surface area contributed by atoms with Gasteiger partial charge in [0.2, 0.25) is 0 Å². The molecular formula is C25H26ClNO6. The summed E-state index contributed by atoms with van der Waals surface area (Å²) in [7, 11) is 1.48. The van der Waals surface area contributed by atoms with Crippen LogP contribution in [-0.2, 0) is 25.5 Å². The number of carbonyl (C=O) groups is 3. The first-order chi connectivity index (χ1) is 15.5. The molecule has 8 heteroatoms. The Morgan fingerprint density at radius 2 is 1.67 bits per heavy atom. The van der Waals surface area contributed by atoms with E-state index in [1.807, 2.05) is 0 Å². The van der Waals surface area contributed by atoms with Gasteiger partial charge in [-0.25, -0.2) is 4.79 Å². The second kappa shape index (κ2) is 9.67. The zero-order valence-corrected chi connectivity index (χ0v) is 20.0. The number of carbonyl (C=O) groups excluding carboxylic acids is 3. The predicted octanol–water partition coefficient (Wildman–Crippen LogP) is 4.80. The van der Waals surface area contributed by atoms with Gasteiger partial charge in [-0.2, -0.15) is 0 Å². The first-order valence-electron chi connectivity index (χ1n) is 10.4. The zero-order chi connectivity index (χ0) is 24.3. The van der Waals surface area contributed by atoms with Gasteiger partial charge < -0.3 is 19.2 Å². The standard InChI is InChI=1S/C25H26ClNO6/c1-14-17(12-20(28)32-13-21(29)33-25(2,3)4)22-18(27-14)10-11-19(31-5)23(22)24(30)15-6-8-16(26)9-7-15/h6-11,27H,12-13H2,1-5H3. The van der Waals surface area contributed by atoms with Crippen molar-refractivity contribution < 1.29 is 28.6 Å². The SMILES string of the molecule is COc1ccc2[nH]c(C)c(CC(=O)OCC(=O)OC(C)(C)C)c2c1C(=O)c1ccc(Cl)cc1. The van der Waals surface area contributed by atoms with Gasteiger partial charge in [0.05, 0.1) is 19.1 Å². The highest BCUT2D eigenvalue weighted by Crippen LogP contribution is 2.34. The molecule has 3 rings (SSSR count). The monoisotopic (exact) mass is 471 g/mol. The van der Waals surface area contributed by atoms with Crippen LogP contribution in [0, 0.1) is 6.92 Å². The molecule has 0 unspecified atom stereocenters. The molecule has 33 heavy (non-hydrogen) atoms. The second-order valence-corrected chi connectivity index (χ2v) is 8.99. The molecule has 0 radical (unpaired) electrons. The molecule has 0 amide bonds. The lowest BCUT2D eigenvalue weighted by Crippen LogP contribution is -2.27. The number of esters is 2. The van der Waals surface area contributed by atoms with Crippen LogP contribution in [0.4, 0.5) is 0 Å². The van der Waals surface area contributed by atoms with Crippen molar-refractivity contribution in [2.45, 2.75) is 39.7 Å². The van der Waals surface area contributed by atoms with Crippen molar-refractivity contribution in [3.63, 3.8) is 0 Å². The molecule has 0 saturated heterocycles. The third kappa shape index (κ3) is 5.73. The summed E-state index contributed by atoms with van der Waals surface area (Å²) in [6, 6.07) is 10.0. The van der Waals surface area contributed by atoms with E-state index in [1.54, 1.807) is 64.1 Å². The van der Waals surface area contributed by atoms with Crippen LogP contribution < -0.4 is 4.74 Å². The smallest absolute Gasteiger partial charge is 0.344 e. The molecule has 0 spiro atoms. The van der Waals surface area contributed by atoms with Crippen LogP contribution in [0.5, 0.6) is 5.75 Å². The minimum absolute atomic E-state index is 0.136. The maximum Gasteiger partial charge on any atom is 0.344 e. The van der Waals surface area contributed by atoms with E-state index in [4.69, 9.17) is 25.8 Å². The number of hydrogen-bond donors (Lipinski definition) is 1. The fourth-order valence-electron chi connectivity index (χ4n) is 3.53. The molecule has 0 aliphatic carbocycles. The van der Waals surface area contributed by atoms with Crippen LogP contribution in [0.15, 0.2) is 36.4 Å². The van der Waals surface area contributed by atoms with Crippen molar-refractivity contribution in [1.29, 1.82) is 0 Å². The van der Waals surface area contributed by atoms with Gasteiger partial charge in [-0.15, -0.1) is 0 Å². The van der Waals surface area contributed by atoms with E-state index < -0.39 is 24.1 Å². The Balaban J connectivity index is 1.95. The average Bonchev–Trinajstić information content (AvgIpc) is 3.05. The summed E-state index contributed by atoms with van der Waals surface area (Å²) >= 11 is 5.96. The van der Waals surface area contributed by atoms with Crippen molar-refractivity contribution in [3.8, 4) is 5.75 Å². The van der Waals surface area contributed by atoms with Crippen molar-refractivity contribution in [2.75, 3.05) is 13.7 Å². The lowest BCUT2D eigenvalue weighted by Gasteiger charge is -2.19. The number of benzene rings is 2. The van der Waals surface area contributed by atoms with Gasteiger partial charge in [0, 0.05) is 27.2 Å². The van der Waals surface area contributed by atoms with Gasteiger partial charge in [-0.3, -0.25) is 9.59 Å². The number of aryl methyl sites for hydroxylation is 1. The van der Waals surface area contributed by atoms with Crippen LogP contribution in [0.2, 0.25) is 5.02 Å². The summed E-state index contributed by atoms with van der Waals surface area (Å²) in [5.41, 5.74) is 2.07. The molecule has 0 fully saturated rings. The number of hydrogen-bond acceptors (Lipinski definition) is 6. The molecule has 2 aromatic carbocycles. The summed E-state index contributed by atoms with van der Waals surface area (Å²) in [6.45, 7) is 6.51. The second-order valence-electron chi connectivity index (χ2n) is 8.55. The van der Waals surface area contributed by atoms with E-state index in [-0.39, 0.29) is 12.2 Å². The minimum Gasteiger partial charge on any atom is -0.496 e. The molecule has 1 aromatic heterocycles. The molecule has 3 aromatic rings. The summed E-state index contributed by atoms with van der Waals surface area (Å²) in [6.07, 6.45) is -0.136. The average molecular weight is 472 g/mol. The first kappa shape index (κ1) is 24.3. The van der Waals surface area contributed by atoms with E-state index in [0.29, 0.717) is 44.1 Å². The minimum atomic E-state index is -0.676. The Hall–Kier alpha value is -3.32. The number of H-pyrrole nitrogens is 1. The van der Waals surface area contributed by atoms with Crippen molar-refractivity contribution in [2.24, 2.45) is 0 Å². The van der Waals surface area contributed by atoms with Gasteiger partial charge in [-0.05, 0) is 69.7 Å². The van der Waals surface area contributed by atoms with E-state index >= 15 is 0 Å². The number of ether oxygens (including phenoxy) is 3. The van der Waals surface area contributed by atoms with Gasteiger partial charge in [0.1, 0.15) is 11.4 Å². The Morgan fingerprint density at radius 1 is 1.00 bits per heavy atom. The van der Waals surface area contributed by atoms with Crippen LogP contribution in [-0.4, -0.2) is 42.0 Å². The third-order valence-electron chi connectivity index (χ3n) is 4.89. The number of rotatable bonds is 7. The van der Waals surface area contributed by atoms with E-state index in [9.17, 15) is 14.4 Å². The molecule has 0 aliphatic rings. The van der Waals surface area contributed by atoms with Gasteiger partial charge in [0.15, 0.2) is 12.4 Å². The molecule has 1 N–H and O–H groups in total. The summed E-state index contributed by atoms with van der Waals surface area (Å²) in [5.74, 6) is -1.13. The maximum atomic E-state index is 13.4. The first-order valence-corrected chi connectivity index (χ1v) is 10.7. The van der Waals surface area contributed by atoms with Crippen LogP contribution in [0.25, 0.3) is 10.9 Å². The topological polar surface area (TPSA) is 94.7 Å². The molecule has 0 atom stereocenters. The number of aromatic amines is 1. The van der Waals surface area contributed by atoms with E-state index in [2.05, 4.69) is 4.98 Å². The molecule has 174 valence electrons. The van der Waals surface area contributed by atoms with Gasteiger partial charge in [-0.1, -0.05) is 11.6 Å². The molecule has 0 saturated carbocycles. The predicted molar refractivity (Wildman–Crippen MR) is 125 cm³/mol. The number of ketones is 1. The number of halogens is 1. The molecule has 7 nitrogen and oxygen atoms in total. The zero-order valence-electron chi connectivity index (χ0n) is 19.2. The van der Waals surface area contributed by atoms with Crippen LogP contribution >= 0.6 is 11.6 Å². The quantitative estimate of drug-likeness (QED) is 0.393. The largest absolute Gasteiger partial charge is 0.496 e. The molecule has 1 heterocycles. The Labute approximate surface area is 197 Å². The maximum absolute atomic E-state index is 13.4. The van der Waals surface area contributed by atoms with Crippen molar-refractivity contribution >= 4 is 40.2 Å². The van der Waals surface area contributed by atoms with E-state index in [0.717, 1.165) is 0 Å². The van der Waals surface area contributed by atoms with E-state index in [1.165, 1.54) is 7.11 Å². The molecular weight excluding hydrogens is 446 g/mol. The molecule has 0 bridgehead atoms. The molecule has 0 aliphatic heterocycles.